The molecule has 26 heavy (non-hydrogen) atoms. The van der Waals surface area contributed by atoms with Crippen molar-refractivity contribution < 1.29 is 0 Å². The quantitative estimate of drug-likeness (QED) is 0.713. The van der Waals surface area contributed by atoms with Gasteiger partial charge in [0.2, 0.25) is 5.95 Å². The van der Waals surface area contributed by atoms with E-state index in [2.05, 4.69) is 10.3 Å². The molecule has 2 aromatic rings. The fourth-order valence-electron chi connectivity index (χ4n) is 3.62. The van der Waals surface area contributed by atoms with Crippen molar-refractivity contribution in [2.24, 2.45) is 17.6 Å². The van der Waals surface area contributed by atoms with Crippen LogP contribution < -0.4 is 16.8 Å². The molecule has 0 radical (unpaired) electrons. The molecule has 5 nitrogen and oxygen atoms in total. The molecule has 0 saturated heterocycles. The van der Waals surface area contributed by atoms with Crippen LogP contribution >= 0.6 is 11.6 Å². The number of halogens is 1. The first-order valence-electron chi connectivity index (χ1n) is 9.37. The van der Waals surface area contributed by atoms with E-state index in [9.17, 15) is 0 Å². The molecular formula is C20H28ClN5. The van der Waals surface area contributed by atoms with E-state index in [-0.39, 0.29) is 0 Å². The summed E-state index contributed by atoms with van der Waals surface area (Å²) >= 11 is 6.22. The van der Waals surface area contributed by atoms with Gasteiger partial charge in [-0.2, -0.15) is 4.98 Å². The Morgan fingerprint density at radius 1 is 1.12 bits per heavy atom. The first-order chi connectivity index (χ1) is 12.6. The summed E-state index contributed by atoms with van der Waals surface area (Å²) in [5.41, 5.74) is 15.0. The molecule has 1 aromatic heterocycles. The molecule has 3 rings (SSSR count). The first kappa shape index (κ1) is 18.9. The molecule has 1 aromatic carbocycles. The summed E-state index contributed by atoms with van der Waals surface area (Å²) in [6.07, 6.45) is 5.83. The van der Waals surface area contributed by atoms with E-state index in [0.717, 1.165) is 34.8 Å². The normalized spacial score (nSPS) is 20.1. The van der Waals surface area contributed by atoms with Crippen LogP contribution in [0, 0.1) is 18.8 Å². The summed E-state index contributed by atoms with van der Waals surface area (Å²) < 4.78 is 0. The minimum atomic E-state index is 0.548. The number of nitrogen functional groups attached to an aromatic ring is 1. The Bertz CT molecular complexity index is 741. The summed E-state index contributed by atoms with van der Waals surface area (Å²) in [6.45, 7) is 3.39. The summed E-state index contributed by atoms with van der Waals surface area (Å²) in [5, 5.41) is 3.99. The highest BCUT2D eigenvalue weighted by atomic mass is 35.5. The van der Waals surface area contributed by atoms with Crippen molar-refractivity contribution in [3.8, 4) is 0 Å². The molecule has 1 heterocycles. The molecule has 0 spiro atoms. The van der Waals surface area contributed by atoms with Crippen LogP contribution in [-0.2, 0) is 13.0 Å². The van der Waals surface area contributed by atoms with E-state index in [1.165, 1.54) is 25.7 Å². The molecule has 0 unspecified atom stereocenters. The van der Waals surface area contributed by atoms with Gasteiger partial charge < -0.3 is 16.8 Å². The third-order valence-electron chi connectivity index (χ3n) is 5.46. The van der Waals surface area contributed by atoms with Gasteiger partial charge in [-0.1, -0.05) is 29.8 Å². The number of hydrogen-bond acceptors (Lipinski definition) is 5. The van der Waals surface area contributed by atoms with Crippen LogP contribution in [0.15, 0.2) is 24.3 Å². The van der Waals surface area contributed by atoms with Crippen LogP contribution in [0.5, 0.6) is 0 Å². The van der Waals surface area contributed by atoms with Gasteiger partial charge in [0.1, 0.15) is 5.82 Å². The Hall–Kier alpha value is -1.85. The average molecular weight is 374 g/mol. The molecule has 0 bridgehead atoms. The third kappa shape index (κ3) is 4.65. The maximum Gasteiger partial charge on any atom is 0.225 e. The molecule has 140 valence electrons. The topological polar surface area (TPSA) is 89.8 Å². The Labute approximate surface area is 160 Å². The second kappa shape index (κ2) is 8.69. The van der Waals surface area contributed by atoms with Gasteiger partial charge in [-0.25, -0.2) is 4.98 Å². The molecular weight excluding hydrogens is 346 g/mol. The summed E-state index contributed by atoms with van der Waals surface area (Å²) in [6, 6.07) is 7.76. The van der Waals surface area contributed by atoms with Crippen molar-refractivity contribution >= 4 is 23.4 Å². The van der Waals surface area contributed by atoms with Gasteiger partial charge in [0.15, 0.2) is 0 Å². The molecule has 1 aliphatic carbocycles. The Morgan fingerprint density at radius 2 is 1.81 bits per heavy atom. The van der Waals surface area contributed by atoms with Gasteiger partial charge in [0.25, 0.3) is 0 Å². The maximum absolute atomic E-state index is 6.22. The van der Waals surface area contributed by atoms with E-state index in [1.807, 2.05) is 31.2 Å². The number of nitrogens with one attached hydrogen (secondary N) is 1. The number of aromatic nitrogens is 2. The van der Waals surface area contributed by atoms with Crippen molar-refractivity contribution in [2.45, 2.75) is 45.6 Å². The predicted molar refractivity (Wildman–Crippen MR) is 108 cm³/mol. The Morgan fingerprint density at radius 3 is 2.50 bits per heavy atom. The average Bonchev–Trinajstić information content (AvgIpc) is 2.65. The minimum absolute atomic E-state index is 0.548. The molecule has 1 fully saturated rings. The van der Waals surface area contributed by atoms with E-state index >= 15 is 0 Å². The highest BCUT2D eigenvalue weighted by Crippen LogP contribution is 2.31. The monoisotopic (exact) mass is 373 g/mol. The van der Waals surface area contributed by atoms with Gasteiger partial charge in [-0.05, 0) is 69.0 Å². The summed E-state index contributed by atoms with van der Waals surface area (Å²) in [5.74, 6) is 2.46. The number of hydrogen-bond donors (Lipinski definition) is 3. The first-order valence-corrected chi connectivity index (χ1v) is 9.75. The lowest BCUT2D eigenvalue weighted by atomic mass is 9.80. The van der Waals surface area contributed by atoms with Crippen LogP contribution in [0.2, 0.25) is 5.02 Å². The zero-order valence-electron chi connectivity index (χ0n) is 15.3. The van der Waals surface area contributed by atoms with Gasteiger partial charge in [0.05, 0.1) is 5.69 Å². The van der Waals surface area contributed by atoms with E-state index < -0.39 is 0 Å². The van der Waals surface area contributed by atoms with Crippen molar-refractivity contribution in [1.82, 2.24) is 9.97 Å². The molecule has 1 saturated carbocycles. The zero-order chi connectivity index (χ0) is 18.5. The van der Waals surface area contributed by atoms with Crippen LogP contribution in [0.3, 0.4) is 0 Å². The largest absolute Gasteiger partial charge is 0.383 e. The fourth-order valence-corrected chi connectivity index (χ4v) is 3.82. The highest BCUT2D eigenvalue weighted by Gasteiger charge is 2.22. The maximum atomic E-state index is 6.22. The number of benzene rings is 1. The van der Waals surface area contributed by atoms with E-state index in [4.69, 9.17) is 28.1 Å². The molecule has 0 aliphatic heterocycles. The Balaban J connectivity index is 1.68. The van der Waals surface area contributed by atoms with Crippen molar-refractivity contribution in [3.05, 3.63) is 46.1 Å². The fraction of sp³-hybridized carbons (Fsp3) is 0.500. The van der Waals surface area contributed by atoms with Crippen molar-refractivity contribution in [2.75, 3.05) is 17.6 Å². The van der Waals surface area contributed by atoms with Crippen LogP contribution in [0.25, 0.3) is 0 Å². The SMILES string of the molecule is Cc1c(N)nc(NCc2ccccc2Cl)nc1CC1CCC(CN)CC1. The van der Waals surface area contributed by atoms with Gasteiger partial charge in [0, 0.05) is 17.1 Å². The van der Waals surface area contributed by atoms with Gasteiger partial charge in [-0.15, -0.1) is 0 Å². The lowest BCUT2D eigenvalue weighted by Gasteiger charge is -2.27. The summed E-state index contributed by atoms with van der Waals surface area (Å²) in [4.78, 5) is 9.13. The second-order valence-electron chi connectivity index (χ2n) is 7.28. The summed E-state index contributed by atoms with van der Waals surface area (Å²) in [7, 11) is 0. The smallest absolute Gasteiger partial charge is 0.225 e. The number of nitrogens with two attached hydrogens (primary N) is 2. The second-order valence-corrected chi connectivity index (χ2v) is 7.68. The molecule has 0 amide bonds. The van der Waals surface area contributed by atoms with Crippen LogP contribution in [-0.4, -0.2) is 16.5 Å². The number of anilines is 2. The van der Waals surface area contributed by atoms with Crippen LogP contribution in [0.1, 0.15) is 42.5 Å². The van der Waals surface area contributed by atoms with E-state index in [1.54, 1.807) is 0 Å². The Kier molecular flexibility index (Phi) is 6.33. The predicted octanol–water partition coefficient (Wildman–Crippen LogP) is 3.94. The minimum Gasteiger partial charge on any atom is -0.383 e. The molecule has 5 N–H and O–H groups in total. The third-order valence-corrected chi connectivity index (χ3v) is 5.83. The zero-order valence-corrected chi connectivity index (χ0v) is 16.1. The van der Waals surface area contributed by atoms with Crippen LogP contribution in [0.4, 0.5) is 11.8 Å². The highest BCUT2D eigenvalue weighted by molar-refractivity contribution is 6.31. The number of rotatable bonds is 6. The lowest BCUT2D eigenvalue weighted by molar-refractivity contribution is 0.277. The lowest BCUT2D eigenvalue weighted by Crippen LogP contribution is -2.23. The van der Waals surface area contributed by atoms with Crippen molar-refractivity contribution in [3.63, 3.8) is 0 Å². The molecule has 1 aliphatic rings. The molecule has 0 atom stereocenters. The van der Waals surface area contributed by atoms with E-state index in [0.29, 0.717) is 30.1 Å². The van der Waals surface area contributed by atoms with Gasteiger partial charge >= 0.3 is 0 Å². The van der Waals surface area contributed by atoms with Gasteiger partial charge in [-0.3, -0.25) is 0 Å². The molecule has 6 heteroatoms. The number of nitrogens with zero attached hydrogens (tertiary/aromatic N) is 2. The van der Waals surface area contributed by atoms with Crippen molar-refractivity contribution in [1.29, 1.82) is 0 Å². The standard InChI is InChI=1S/C20H28ClN5/c1-13-18(10-14-6-8-15(11-22)9-7-14)25-20(26-19(13)23)24-12-16-4-2-3-5-17(16)21/h2-5,14-15H,6-12,22H2,1H3,(H3,23,24,25,26).